The van der Waals surface area contributed by atoms with Gasteiger partial charge < -0.3 is 19.0 Å². The van der Waals surface area contributed by atoms with Gasteiger partial charge in [-0.3, -0.25) is 4.79 Å². The Bertz CT molecular complexity index is 1340. The number of piperidine rings is 1. The lowest BCUT2D eigenvalue weighted by Gasteiger charge is -2.37. The average molecular weight is 574 g/mol. The third-order valence-corrected chi connectivity index (χ3v) is 8.12. The first-order chi connectivity index (χ1) is 20.2. The monoisotopic (exact) mass is 573 g/mol. The van der Waals surface area contributed by atoms with Gasteiger partial charge in [-0.25, -0.2) is 4.79 Å². The number of carbonyl (C=O) groups excluding carboxylic acids is 2. The lowest BCUT2D eigenvalue weighted by Crippen LogP contribution is -2.45. The molecule has 2 unspecified atom stereocenters. The maximum atomic E-state index is 12.5. The van der Waals surface area contributed by atoms with Crippen molar-refractivity contribution in [2.24, 2.45) is 5.92 Å². The molecule has 0 bridgehead atoms. The minimum atomic E-state index is -0.707. The highest BCUT2D eigenvalue weighted by Crippen LogP contribution is 2.32. The molecule has 0 N–H and O–H groups in total. The van der Waals surface area contributed by atoms with Crippen molar-refractivity contribution in [3.8, 4) is 0 Å². The number of ether oxygens (including phenoxy) is 3. The maximum absolute atomic E-state index is 12.5. The Balaban J connectivity index is 1.24. The van der Waals surface area contributed by atoms with Crippen LogP contribution in [-0.2, 0) is 37.1 Å². The quantitative estimate of drug-likeness (QED) is 0.256. The molecule has 2 atom stereocenters. The third kappa shape index (κ3) is 8.33. The zero-order valence-electron chi connectivity index (χ0n) is 25.1. The van der Waals surface area contributed by atoms with Crippen LogP contribution in [0.4, 0.5) is 4.79 Å². The molecule has 1 saturated heterocycles. The summed E-state index contributed by atoms with van der Waals surface area (Å²) in [6.45, 7) is 7.18. The van der Waals surface area contributed by atoms with Gasteiger partial charge >= 0.3 is 12.1 Å². The SMILES string of the molecule is CC(C)(C)OC(=O)ON1CCC(c2ccc(COC(=O)C3CCCCC3)cc2)C(OCc2ccc3ccccc3c2)C1. The van der Waals surface area contributed by atoms with Crippen LogP contribution in [0.2, 0.25) is 0 Å². The molecule has 1 aliphatic carbocycles. The Hall–Kier alpha value is -3.42. The van der Waals surface area contributed by atoms with Crippen LogP contribution >= 0.6 is 0 Å². The molecule has 2 fully saturated rings. The number of fused-ring (bicyclic) bond motifs is 1. The van der Waals surface area contributed by atoms with Crippen molar-refractivity contribution in [3.63, 3.8) is 0 Å². The van der Waals surface area contributed by atoms with Crippen molar-refractivity contribution < 1.29 is 28.6 Å². The summed E-state index contributed by atoms with van der Waals surface area (Å²) in [7, 11) is 0. The zero-order chi connectivity index (χ0) is 29.5. The molecule has 7 heteroatoms. The molecule has 0 radical (unpaired) electrons. The van der Waals surface area contributed by atoms with Crippen LogP contribution in [0.15, 0.2) is 66.7 Å². The van der Waals surface area contributed by atoms with Crippen molar-refractivity contribution in [3.05, 3.63) is 83.4 Å². The molecular formula is C35H43NO6. The molecule has 1 saturated carbocycles. The number of nitrogens with zero attached hydrogens (tertiary/aromatic N) is 1. The molecule has 7 nitrogen and oxygen atoms in total. The van der Waals surface area contributed by atoms with Gasteiger partial charge in [0.25, 0.3) is 0 Å². The lowest BCUT2D eigenvalue weighted by molar-refractivity contribution is -0.179. The first-order valence-electron chi connectivity index (χ1n) is 15.2. The maximum Gasteiger partial charge on any atom is 0.528 e. The van der Waals surface area contributed by atoms with E-state index in [2.05, 4.69) is 42.5 Å². The van der Waals surface area contributed by atoms with Crippen LogP contribution in [0.3, 0.4) is 0 Å². The van der Waals surface area contributed by atoms with E-state index in [9.17, 15) is 9.59 Å². The van der Waals surface area contributed by atoms with E-state index in [0.717, 1.165) is 48.8 Å². The van der Waals surface area contributed by atoms with Gasteiger partial charge in [0.05, 0.1) is 25.2 Å². The molecule has 42 heavy (non-hydrogen) atoms. The number of rotatable bonds is 8. The number of esters is 1. The van der Waals surface area contributed by atoms with Crippen molar-refractivity contribution >= 4 is 22.9 Å². The number of hydrogen-bond donors (Lipinski definition) is 0. The fourth-order valence-electron chi connectivity index (χ4n) is 5.90. The van der Waals surface area contributed by atoms with E-state index in [4.69, 9.17) is 19.0 Å². The number of benzene rings is 3. The van der Waals surface area contributed by atoms with Gasteiger partial charge in [-0.2, -0.15) is 0 Å². The van der Waals surface area contributed by atoms with E-state index in [1.807, 2.05) is 45.0 Å². The van der Waals surface area contributed by atoms with Crippen molar-refractivity contribution in [1.82, 2.24) is 5.06 Å². The molecule has 3 aromatic rings. The van der Waals surface area contributed by atoms with Crippen LogP contribution in [0.1, 0.15) is 81.9 Å². The molecule has 0 aromatic heterocycles. The third-order valence-electron chi connectivity index (χ3n) is 8.12. The van der Waals surface area contributed by atoms with Gasteiger partial charge in [-0.1, -0.05) is 79.9 Å². The second-order valence-corrected chi connectivity index (χ2v) is 12.6. The minimum Gasteiger partial charge on any atom is -0.461 e. The van der Waals surface area contributed by atoms with E-state index in [1.54, 1.807) is 5.06 Å². The average Bonchev–Trinajstić information content (AvgIpc) is 2.98. The highest BCUT2D eigenvalue weighted by molar-refractivity contribution is 5.82. The van der Waals surface area contributed by atoms with Gasteiger partial charge in [0.15, 0.2) is 0 Å². The summed E-state index contributed by atoms with van der Waals surface area (Å²) in [5.41, 5.74) is 2.58. The van der Waals surface area contributed by atoms with Crippen LogP contribution in [-0.4, -0.2) is 42.0 Å². The minimum absolute atomic E-state index is 0.0478. The molecule has 2 aliphatic rings. The van der Waals surface area contributed by atoms with Crippen molar-refractivity contribution in [1.29, 1.82) is 0 Å². The topological polar surface area (TPSA) is 74.3 Å². The summed E-state index contributed by atoms with van der Waals surface area (Å²) in [5.74, 6) is 0.0905. The predicted molar refractivity (Wildman–Crippen MR) is 162 cm³/mol. The number of carbonyl (C=O) groups is 2. The summed E-state index contributed by atoms with van der Waals surface area (Å²) in [6, 6.07) is 22.9. The summed E-state index contributed by atoms with van der Waals surface area (Å²) < 4.78 is 17.5. The molecule has 0 spiro atoms. The van der Waals surface area contributed by atoms with Crippen molar-refractivity contribution in [2.45, 2.75) is 90.1 Å². The highest BCUT2D eigenvalue weighted by atomic mass is 16.8. The van der Waals surface area contributed by atoms with E-state index in [-0.39, 0.29) is 23.9 Å². The molecule has 5 rings (SSSR count). The summed E-state index contributed by atoms with van der Waals surface area (Å²) >= 11 is 0. The van der Waals surface area contributed by atoms with Gasteiger partial charge in [0, 0.05) is 12.5 Å². The number of hydrogen-bond acceptors (Lipinski definition) is 7. The van der Waals surface area contributed by atoms with Gasteiger partial charge in [-0.05, 0) is 73.6 Å². The molecular weight excluding hydrogens is 530 g/mol. The Kier molecular flexibility index (Phi) is 9.80. The molecule has 3 aromatic carbocycles. The fraction of sp³-hybridized carbons (Fsp3) is 0.486. The van der Waals surface area contributed by atoms with Crippen LogP contribution in [0.25, 0.3) is 10.8 Å². The summed E-state index contributed by atoms with van der Waals surface area (Å²) in [4.78, 5) is 30.4. The van der Waals surface area contributed by atoms with Gasteiger partial charge in [-0.15, -0.1) is 5.06 Å². The lowest BCUT2D eigenvalue weighted by atomic mass is 9.87. The van der Waals surface area contributed by atoms with Gasteiger partial charge in [0.1, 0.15) is 12.2 Å². The normalized spacial score (nSPS) is 20.3. The molecule has 224 valence electrons. The molecule has 1 heterocycles. The predicted octanol–water partition coefficient (Wildman–Crippen LogP) is 7.70. The second-order valence-electron chi connectivity index (χ2n) is 12.6. The second kappa shape index (κ2) is 13.7. The summed E-state index contributed by atoms with van der Waals surface area (Å²) in [5, 5.41) is 4.01. The standard InChI is InChI=1S/C35H43NO6/c1-35(2,3)41-34(38)42-36-20-19-31(32(22-36)39-24-26-15-16-27-9-7-8-12-30(27)21-26)28-17-13-25(14-18-28)23-40-33(37)29-10-5-4-6-11-29/h7-9,12-18,21,29,31-32H,4-6,10-11,19-20,22-24H2,1-3H3. The smallest absolute Gasteiger partial charge is 0.461 e. The Labute approximate surface area is 249 Å². The Morgan fingerprint density at radius 2 is 1.55 bits per heavy atom. The Morgan fingerprint density at radius 3 is 2.29 bits per heavy atom. The van der Waals surface area contributed by atoms with E-state index in [0.29, 0.717) is 26.3 Å². The van der Waals surface area contributed by atoms with Gasteiger partial charge in [0.2, 0.25) is 0 Å². The number of hydroxylamine groups is 2. The first-order valence-corrected chi connectivity index (χ1v) is 15.2. The first kappa shape index (κ1) is 30.1. The van der Waals surface area contributed by atoms with Crippen LogP contribution < -0.4 is 0 Å². The van der Waals surface area contributed by atoms with E-state index < -0.39 is 11.8 Å². The van der Waals surface area contributed by atoms with Crippen LogP contribution in [0, 0.1) is 5.92 Å². The summed E-state index contributed by atoms with van der Waals surface area (Å²) in [6.07, 6.45) is 5.15. The van der Waals surface area contributed by atoms with E-state index >= 15 is 0 Å². The van der Waals surface area contributed by atoms with Crippen molar-refractivity contribution in [2.75, 3.05) is 13.1 Å². The molecule has 0 amide bonds. The van der Waals surface area contributed by atoms with Crippen LogP contribution in [0.5, 0.6) is 0 Å². The zero-order valence-corrected chi connectivity index (χ0v) is 25.1. The van der Waals surface area contributed by atoms with E-state index in [1.165, 1.54) is 17.2 Å². The largest absolute Gasteiger partial charge is 0.528 e. The highest BCUT2D eigenvalue weighted by Gasteiger charge is 2.34. The molecule has 1 aliphatic heterocycles. The fourth-order valence-corrected chi connectivity index (χ4v) is 5.90. The Morgan fingerprint density at radius 1 is 0.833 bits per heavy atom.